The number of aromatic nitrogens is 1. The van der Waals surface area contributed by atoms with Crippen molar-refractivity contribution in [2.45, 2.75) is 6.42 Å². The summed E-state index contributed by atoms with van der Waals surface area (Å²) in [5.74, 6) is 0. The van der Waals surface area contributed by atoms with Crippen LogP contribution in [-0.4, -0.2) is 29.5 Å². The summed E-state index contributed by atoms with van der Waals surface area (Å²) < 4.78 is 2.50. The second-order valence-corrected chi connectivity index (χ2v) is 7.35. The quantitative estimate of drug-likeness (QED) is 0.546. The zero-order valence-electron chi connectivity index (χ0n) is 14.5. The number of amides is 2. The SMILES string of the molecule is CN(CCc1ccncc1)C(=O)Nc1ccc2sc3ccccc3c2c1. The molecular formula is C21H19N3OS. The van der Waals surface area contributed by atoms with Crippen molar-refractivity contribution in [2.24, 2.45) is 0 Å². The standard InChI is InChI=1S/C21H19N3OS/c1-24(13-10-15-8-11-22-12-9-15)21(25)23-16-6-7-20-18(14-16)17-4-2-3-5-19(17)26-20/h2-9,11-12,14H,10,13H2,1H3,(H,23,25). The molecule has 4 nitrogen and oxygen atoms in total. The number of thiophene rings is 1. The molecule has 0 aliphatic heterocycles. The molecule has 2 aromatic carbocycles. The molecule has 0 aliphatic rings. The van der Waals surface area contributed by atoms with Gasteiger partial charge in [-0.25, -0.2) is 4.79 Å². The lowest BCUT2D eigenvalue weighted by molar-refractivity contribution is 0.223. The number of carbonyl (C=O) groups excluding carboxylic acids is 1. The molecule has 4 rings (SSSR count). The van der Waals surface area contributed by atoms with Gasteiger partial charge in [-0.1, -0.05) is 18.2 Å². The summed E-state index contributed by atoms with van der Waals surface area (Å²) in [4.78, 5) is 18.2. The van der Waals surface area contributed by atoms with E-state index in [9.17, 15) is 4.79 Å². The molecule has 0 atom stereocenters. The molecule has 2 amide bonds. The van der Waals surface area contributed by atoms with Crippen molar-refractivity contribution in [2.75, 3.05) is 18.9 Å². The zero-order valence-corrected chi connectivity index (χ0v) is 15.3. The molecule has 4 aromatic rings. The van der Waals surface area contributed by atoms with Crippen molar-refractivity contribution in [3.63, 3.8) is 0 Å². The number of urea groups is 1. The highest BCUT2D eigenvalue weighted by atomic mass is 32.1. The van der Waals surface area contributed by atoms with E-state index >= 15 is 0 Å². The number of fused-ring (bicyclic) bond motifs is 3. The van der Waals surface area contributed by atoms with Gasteiger partial charge in [0.2, 0.25) is 0 Å². The number of nitrogens with one attached hydrogen (secondary N) is 1. The van der Waals surface area contributed by atoms with Gasteiger partial charge in [0.1, 0.15) is 0 Å². The van der Waals surface area contributed by atoms with E-state index in [1.165, 1.54) is 25.7 Å². The second-order valence-electron chi connectivity index (χ2n) is 6.27. The van der Waals surface area contributed by atoms with Gasteiger partial charge in [-0.05, 0) is 48.4 Å². The molecule has 1 N–H and O–H groups in total. The molecule has 0 aliphatic carbocycles. The van der Waals surface area contributed by atoms with Gasteiger partial charge in [-0.15, -0.1) is 11.3 Å². The third-order valence-corrected chi connectivity index (χ3v) is 5.61. The van der Waals surface area contributed by atoms with Crippen molar-refractivity contribution in [1.82, 2.24) is 9.88 Å². The van der Waals surface area contributed by atoms with Gasteiger partial charge in [-0.2, -0.15) is 0 Å². The first-order valence-electron chi connectivity index (χ1n) is 8.53. The lowest BCUT2D eigenvalue weighted by Crippen LogP contribution is -2.32. The number of nitrogens with zero attached hydrogens (tertiary/aromatic N) is 2. The van der Waals surface area contributed by atoms with E-state index in [4.69, 9.17) is 0 Å². The summed E-state index contributed by atoms with van der Waals surface area (Å²) in [6, 6.07) is 18.3. The van der Waals surface area contributed by atoms with Crippen LogP contribution in [0.25, 0.3) is 20.2 Å². The molecule has 0 fully saturated rings. The monoisotopic (exact) mass is 361 g/mol. The Balaban J connectivity index is 1.47. The lowest BCUT2D eigenvalue weighted by atomic mass is 10.1. The highest BCUT2D eigenvalue weighted by molar-refractivity contribution is 7.25. The summed E-state index contributed by atoms with van der Waals surface area (Å²) in [5, 5.41) is 5.42. The third kappa shape index (κ3) is 3.39. The Morgan fingerprint density at radius 2 is 1.81 bits per heavy atom. The first-order chi connectivity index (χ1) is 12.7. The highest BCUT2D eigenvalue weighted by Gasteiger charge is 2.11. The predicted octanol–water partition coefficient (Wildman–Crippen LogP) is 5.16. The topological polar surface area (TPSA) is 45.2 Å². The molecule has 130 valence electrons. The number of pyridine rings is 1. The first-order valence-corrected chi connectivity index (χ1v) is 9.35. The molecule has 2 aromatic heterocycles. The fourth-order valence-electron chi connectivity index (χ4n) is 2.97. The molecule has 26 heavy (non-hydrogen) atoms. The van der Waals surface area contributed by atoms with Gasteiger partial charge in [0.25, 0.3) is 0 Å². The van der Waals surface area contributed by atoms with Crippen molar-refractivity contribution >= 4 is 43.2 Å². The smallest absolute Gasteiger partial charge is 0.321 e. The fraction of sp³-hybridized carbons (Fsp3) is 0.143. The van der Waals surface area contributed by atoms with Crippen LogP contribution in [0.2, 0.25) is 0 Å². The maximum absolute atomic E-state index is 12.5. The van der Waals surface area contributed by atoms with Crippen molar-refractivity contribution in [3.8, 4) is 0 Å². The van der Waals surface area contributed by atoms with Crippen molar-refractivity contribution in [1.29, 1.82) is 0 Å². The Morgan fingerprint density at radius 3 is 2.65 bits per heavy atom. The zero-order chi connectivity index (χ0) is 17.9. The van der Waals surface area contributed by atoms with Gasteiger partial charge >= 0.3 is 6.03 Å². The van der Waals surface area contributed by atoms with Crippen LogP contribution in [0.3, 0.4) is 0 Å². The number of benzene rings is 2. The first kappa shape index (κ1) is 16.5. The van der Waals surface area contributed by atoms with Crippen LogP contribution in [0.4, 0.5) is 10.5 Å². The minimum Gasteiger partial charge on any atom is -0.327 e. The average molecular weight is 361 g/mol. The summed E-state index contributed by atoms with van der Waals surface area (Å²) in [5.41, 5.74) is 1.99. The molecule has 5 heteroatoms. The minimum absolute atomic E-state index is 0.0991. The van der Waals surface area contributed by atoms with Gasteiger partial charge in [0.15, 0.2) is 0 Å². The molecular weight excluding hydrogens is 342 g/mol. The fourth-order valence-corrected chi connectivity index (χ4v) is 4.06. The van der Waals surface area contributed by atoms with Crippen molar-refractivity contribution in [3.05, 3.63) is 72.6 Å². The Hall–Kier alpha value is -2.92. The van der Waals surface area contributed by atoms with Crippen LogP contribution in [0.15, 0.2) is 67.0 Å². The van der Waals surface area contributed by atoms with Crippen LogP contribution in [0.5, 0.6) is 0 Å². The van der Waals surface area contributed by atoms with Crippen molar-refractivity contribution < 1.29 is 4.79 Å². The number of likely N-dealkylation sites (N-methyl/N-ethyl adjacent to an activating group) is 1. The van der Waals surface area contributed by atoms with Crippen LogP contribution in [0, 0.1) is 0 Å². The Bertz CT molecular complexity index is 1060. The van der Waals surface area contributed by atoms with E-state index < -0.39 is 0 Å². The van der Waals surface area contributed by atoms with Gasteiger partial charge < -0.3 is 10.2 Å². The summed E-state index contributed by atoms with van der Waals surface area (Å²) in [6.45, 7) is 0.652. The Kier molecular flexibility index (Phi) is 4.54. The third-order valence-electron chi connectivity index (χ3n) is 4.46. The number of anilines is 1. The Morgan fingerprint density at radius 1 is 1.04 bits per heavy atom. The minimum atomic E-state index is -0.0991. The van der Waals surface area contributed by atoms with Crippen LogP contribution >= 0.6 is 11.3 Å². The largest absolute Gasteiger partial charge is 0.327 e. The summed E-state index contributed by atoms with van der Waals surface area (Å²) in [6.07, 6.45) is 4.35. The average Bonchev–Trinajstić information content (AvgIpc) is 3.05. The van der Waals surface area contributed by atoms with E-state index in [2.05, 4.69) is 40.6 Å². The number of carbonyl (C=O) groups is 1. The molecule has 0 spiro atoms. The number of hydrogen-bond donors (Lipinski definition) is 1. The summed E-state index contributed by atoms with van der Waals surface area (Å²) in [7, 11) is 1.81. The maximum Gasteiger partial charge on any atom is 0.321 e. The normalized spacial score (nSPS) is 11.0. The van der Waals surface area contributed by atoms with E-state index in [1.54, 1.807) is 28.6 Å². The van der Waals surface area contributed by atoms with E-state index in [0.717, 1.165) is 12.1 Å². The highest BCUT2D eigenvalue weighted by Crippen LogP contribution is 2.35. The molecule has 0 unspecified atom stereocenters. The van der Waals surface area contributed by atoms with E-state index in [1.807, 2.05) is 31.3 Å². The summed E-state index contributed by atoms with van der Waals surface area (Å²) >= 11 is 1.77. The van der Waals surface area contributed by atoms with Gasteiger partial charge in [0.05, 0.1) is 0 Å². The number of rotatable bonds is 4. The molecule has 0 saturated carbocycles. The van der Waals surface area contributed by atoms with Crippen LogP contribution in [0.1, 0.15) is 5.56 Å². The maximum atomic E-state index is 12.5. The van der Waals surface area contributed by atoms with Gasteiger partial charge in [0, 0.05) is 51.8 Å². The number of hydrogen-bond acceptors (Lipinski definition) is 3. The van der Waals surface area contributed by atoms with Crippen LogP contribution in [-0.2, 0) is 6.42 Å². The molecule has 0 bridgehead atoms. The molecule has 2 heterocycles. The van der Waals surface area contributed by atoms with E-state index in [0.29, 0.717) is 6.54 Å². The Labute approximate surface area is 156 Å². The molecule has 0 radical (unpaired) electrons. The van der Waals surface area contributed by atoms with Gasteiger partial charge in [-0.3, -0.25) is 4.98 Å². The van der Waals surface area contributed by atoms with Crippen LogP contribution < -0.4 is 5.32 Å². The molecule has 0 saturated heterocycles. The van der Waals surface area contributed by atoms with E-state index in [-0.39, 0.29) is 6.03 Å². The lowest BCUT2D eigenvalue weighted by Gasteiger charge is -2.18. The second kappa shape index (κ2) is 7.14. The predicted molar refractivity (Wildman–Crippen MR) is 109 cm³/mol.